The predicted octanol–water partition coefficient (Wildman–Crippen LogP) is 4.52. The molecule has 0 radical (unpaired) electrons. The highest BCUT2D eigenvalue weighted by molar-refractivity contribution is 9.10. The molecule has 2 nitrogen and oxygen atoms in total. The maximum absolute atomic E-state index is 13.3. The van der Waals surface area contributed by atoms with Crippen molar-refractivity contribution >= 4 is 40.1 Å². The number of rotatable bonds is 2. The third-order valence-electron chi connectivity index (χ3n) is 4.80. The first-order valence-corrected chi connectivity index (χ1v) is 8.34. The van der Waals surface area contributed by atoms with Crippen LogP contribution in [0.1, 0.15) is 45.6 Å². The fourth-order valence-electron chi connectivity index (χ4n) is 2.58. The summed E-state index contributed by atoms with van der Waals surface area (Å²) in [5, 5.41) is 0.321. The van der Waals surface area contributed by atoms with E-state index in [1.165, 1.54) is 0 Å². The van der Waals surface area contributed by atoms with Gasteiger partial charge in [0.15, 0.2) is 0 Å². The molecule has 7 heteroatoms. The Morgan fingerprint density at radius 3 is 2.09 bits per heavy atom. The van der Waals surface area contributed by atoms with E-state index in [0.29, 0.717) is 15.1 Å². The van der Waals surface area contributed by atoms with Gasteiger partial charge in [0.2, 0.25) is 0 Å². The monoisotopic (exact) mass is 392 g/mol. The molecular formula is C15H17BBrClF2O2. The van der Waals surface area contributed by atoms with E-state index in [2.05, 4.69) is 15.9 Å². The van der Waals surface area contributed by atoms with Crippen LogP contribution in [0.3, 0.4) is 0 Å². The van der Waals surface area contributed by atoms with E-state index in [1.807, 2.05) is 27.7 Å². The van der Waals surface area contributed by atoms with Crippen molar-refractivity contribution in [3.8, 4) is 0 Å². The average Bonchev–Trinajstić information content (AvgIpc) is 2.87. The molecule has 1 atom stereocenters. The van der Waals surface area contributed by atoms with Crippen molar-refractivity contribution in [2.45, 2.75) is 57.2 Å². The molecule has 1 unspecified atom stereocenters. The lowest BCUT2D eigenvalue weighted by Gasteiger charge is -2.32. The molecule has 0 amide bonds. The molecule has 120 valence electrons. The maximum Gasteiger partial charge on any atom is 0.494 e. The fraction of sp³-hybridized carbons (Fsp3) is 0.600. The molecular weight excluding hydrogens is 376 g/mol. The summed E-state index contributed by atoms with van der Waals surface area (Å²) in [5.41, 5.74) is 0.271. The molecule has 1 aliphatic carbocycles. The second-order valence-corrected chi connectivity index (χ2v) is 8.27. The smallest absolute Gasteiger partial charge is 0.399 e. The van der Waals surface area contributed by atoms with Gasteiger partial charge in [0, 0.05) is 15.9 Å². The highest BCUT2D eigenvalue weighted by Crippen LogP contribution is 2.58. The van der Waals surface area contributed by atoms with Crippen molar-refractivity contribution in [1.82, 2.24) is 0 Å². The molecule has 1 aliphatic heterocycles. The Balaban J connectivity index is 1.92. The van der Waals surface area contributed by atoms with Crippen molar-refractivity contribution in [3.05, 3.63) is 27.2 Å². The van der Waals surface area contributed by atoms with Gasteiger partial charge >= 0.3 is 7.12 Å². The SMILES string of the molecule is CC1(C)OB(c2cc(Cl)c(C3CC3(F)F)c(Br)c2)OC1(C)C. The van der Waals surface area contributed by atoms with E-state index in [9.17, 15) is 8.78 Å². The van der Waals surface area contributed by atoms with E-state index in [0.717, 1.165) is 5.46 Å². The minimum Gasteiger partial charge on any atom is -0.399 e. The number of hydrogen-bond acceptors (Lipinski definition) is 2. The first kappa shape index (κ1) is 16.7. The standard InChI is InChI=1S/C15H17BBrClF2O2/c1-13(2)14(3,4)22-16(21-13)8-5-10(17)12(11(18)6-8)9-7-15(9,19)20/h5-6,9H,7H2,1-4H3. The quantitative estimate of drug-likeness (QED) is 0.688. The van der Waals surface area contributed by atoms with E-state index >= 15 is 0 Å². The van der Waals surface area contributed by atoms with Crippen LogP contribution >= 0.6 is 27.5 Å². The maximum atomic E-state index is 13.3. The third-order valence-corrected chi connectivity index (χ3v) is 5.77. The first-order chi connectivity index (χ1) is 9.95. The number of alkyl halides is 2. The summed E-state index contributed by atoms with van der Waals surface area (Å²) >= 11 is 9.61. The lowest BCUT2D eigenvalue weighted by molar-refractivity contribution is 0.00578. The van der Waals surface area contributed by atoms with Crippen LogP contribution in [-0.2, 0) is 9.31 Å². The van der Waals surface area contributed by atoms with Crippen LogP contribution in [0.5, 0.6) is 0 Å². The van der Waals surface area contributed by atoms with Gasteiger partial charge in [0.25, 0.3) is 5.92 Å². The van der Waals surface area contributed by atoms with Gasteiger partial charge in [-0.3, -0.25) is 0 Å². The van der Waals surface area contributed by atoms with Crippen LogP contribution < -0.4 is 5.46 Å². The Morgan fingerprint density at radius 1 is 1.18 bits per heavy atom. The topological polar surface area (TPSA) is 18.5 Å². The van der Waals surface area contributed by atoms with E-state index in [1.54, 1.807) is 12.1 Å². The molecule has 0 N–H and O–H groups in total. The summed E-state index contributed by atoms with van der Waals surface area (Å²) in [7, 11) is -0.562. The Hall–Kier alpha value is -0.165. The Bertz CT molecular complexity index is 597. The van der Waals surface area contributed by atoms with Gasteiger partial charge < -0.3 is 9.31 Å². The largest absolute Gasteiger partial charge is 0.494 e. The molecule has 2 aliphatic rings. The molecule has 3 rings (SSSR count). The van der Waals surface area contributed by atoms with Crippen molar-refractivity contribution in [2.75, 3.05) is 0 Å². The van der Waals surface area contributed by atoms with Crippen molar-refractivity contribution < 1.29 is 18.1 Å². The zero-order valence-electron chi connectivity index (χ0n) is 12.8. The molecule has 1 heterocycles. The normalized spacial score (nSPS) is 28.0. The van der Waals surface area contributed by atoms with Gasteiger partial charge in [-0.2, -0.15) is 0 Å². The highest BCUT2D eigenvalue weighted by Gasteiger charge is 2.59. The molecule has 1 aromatic carbocycles. The summed E-state index contributed by atoms with van der Waals surface area (Å²) in [6.07, 6.45) is -0.152. The predicted molar refractivity (Wildman–Crippen MR) is 87.2 cm³/mol. The summed E-state index contributed by atoms with van der Waals surface area (Å²) in [5.74, 6) is -3.46. The fourth-order valence-corrected chi connectivity index (χ4v) is 3.81. The minimum atomic E-state index is -2.65. The van der Waals surface area contributed by atoms with E-state index in [-0.39, 0.29) is 6.42 Å². The number of halogens is 4. The molecule has 22 heavy (non-hydrogen) atoms. The molecule has 0 bridgehead atoms. The third kappa shape index (κ3) is 2.62. The molecule has 1 saturated carbocycles. The van der Waals surface area contributed by atoms with Crippen LogP contribution in [0.4, 0.5) is 8.78 Å². The van der Waals surface area contributed by atoms with Gasteiger partial charge in [0.05, 0.1) is 17.1 Å². The summed E-state index contributed by atoms with van der Waals surface area (Å²) in [6, 6.07) is 3.43. The highest BCUT2D eigenvalue weighted by atomic mass is 79.9. The molecule has 1 aromatic rings. The first-order valence-electron chi connectivity index (χ1n) is 7.17. The van der Waals surface area contributed by atoms with Crippen LogP contribution in [0, 0.1) is 0 Å². The summed E-state index contributed by atoms with van der Waals surface area (Å²) in [4.78, 5) is 0. The van der Waals surface area contributed by atoms with Gasteiger partial charge in [-0.05, 0) is 50.9 Å². The minimum absolute atomic E-state index is 0.152. The van der Waals surface area contributed by atoms with Gasteiger partial charge in [0.1, 0.15) is 0 Å². The summed E-state index contributed by atoms with van der Waals surface area (Å²) < 4.78 is 39.1. The van der Waals surface area contributed by atoms with Crippen LogP contribution in [-0.4, -0.2) is 24.2 Å². The number of hydrogen-bond donors (Lipinski definition) is 0. The Morgan fingerprint density at radius 2 is 1.68 bits per heavy atom. The average molecular weight is 393 g/mol. The molecule has 2 fully saturated rings. The van der Waals surface area contributed by atoms with Crippen molar-refractivity contribution in [2.24, 2.45) is 0 Å². The van der Waals surface area contributed by atoms with Gasteiger partial charge in [-0.25, -0.2) is 8.78 Å². The molecule has 0 aromatic heterocycles. The van der Waals surface area contributed by atoms with Crippen molar-refractivity contribution in [1.29, 1.82) is 0 Å². The molecule has 0 spiro atoms. The lowest BCUT2D eigenvalue weighted by atomic mass is 9.78. The van der Waals surface area contributed by atoms with Crippen LogP contribution in [0.25, 0.3) is 0 Å². The van der Waals surface area contributed by atoms with Crippen LogP contribution in [0.15, 0.2) is 16.6 Å². The van der Waals surface area contributed by atoms with Crippen LogP contribution in [0.2, 0.25) is 5.02 Å². The second kappa shape index (κ2) is 4.92. The lowest BCUT2D eigenvalue weighted by Crippen LogP contribution is -2.41. The Kier molecular flexibility index (Phi) is 3.73. The summed E-state index contributed by atoms with van der Waals surface area (Å²) in [6.45, 7) is 7.84. The molecule has 1 saturated heterocycles. The van der Waals surface area contributed by atoms with Gasteiger partial charge in [-0.15, -0.1) is 0 Å². The Labute approximate surface area is 142 Å². The number of benzene rings is 1. The van der Waals surface area contributed by atoms with E-state index < -0.39 is 30.2 Å². The zero-order chi connectivity index (χ0) is 16.5. The second-order valence-electron chi connectivity index (χ2n) is 7.00. The van der Waals surface area contributed by atoms with Gasteiger partial charge in [-0.1, -0.05) is 27.5 Å². The zero-order valence-corrected chi connectivity index (χ0v) is 15.2. The van der Waals surface area contributed by atoms with Crippen molar-refractivity contribution in [3.63, 3.8) is 0 Å². The van der Waals surface area contributed by atoms with E-state index in [4.69, 9.17) is 20.9 Å².